The Morgan fingerprint density at radius 1 is 1.21 bits per heavy atom. The van der Waals surface area contributed by atoms with Gasteiger partial charge in [0.05, 0.1) is 5.70 Å². The fraction of sp³-hybridized carbons (Fsp3) is 0.235. The molecule has 1 aromatic rings. The van der Waals surface area contributed by atoms with E-state index in [0.29, 0.717) is 0 Å². The highest BCUT2D eigenvalue weighted by molar-refractivity contribution is 5.92. The highest BCUT2D eigenvalue weighted by Crippen LogP contribution is 2.18. The van der Waals surface area contributed by atoms with Gasteiger partial charge >= 0.3 is 0 Å². The third-order valence-electron chi connectivity index (χ3n) is 3.62. The number of carbonyl (C=O) groups excluding carboxylic acids is 1. The first-order valence-corrected chi connectivity index (χ1v) is 6.62. The summed E-state index contributed by atoms with van der Waals surface area (Å²) in [6.07, 6.45) is 8.41. The minimum Gasteiger partial charge on any atom is -0.325 e. The highest BCUT2D eigenvalue weighted by atomic mass is 16.1. The van der Waals surface area contributed by atoms with Crippen molar-refractivity contribution in [1.82, 2.24) is 5.32 Å². The van der Waals surface area contributed by atoms with Gasteiger partial charge in [-0.15, -0.1) is 0 Å². The molecular weight excluding hydrogens is 234 g/mol. The van der Waals surface area contributed by atoms with Crippen molar-refractivity contribution in [3.8, 4) is 0 Å². The number of allylic oxidation sites excluding steroid dienone is 1. The lowest BCUT2D eigenvalue weighted by Crippen LogP contribution is -2.30. The van der Waals surface area contributed by atoms with Gasteiger partial charge in [0.25, 0.3) is 0 Å². The fourth-order valence-electron chi connectivity index (χ4n) is 2.48. The zero-order valence-electron chi connectivity index (χ0n) is 11.4. The van der Waals surface area contributed by atoms with Crippen LogP contribution in [0.3, 0.4) is 0 Å². The predicted molar refractivity (Wildman–Crippen MR) is 79.2 cm³/mol. The van der Waals surface area contributed by atoms with Crippen LogP contribution in [0.2, 0.25) is 0 Å². The van der Waals surface area contributed by atoms with Crippen LogP contribution in [0.1, 0.15) is 31.9 Å². The van der Waals surface area contributed by atoms with Gasteiger partial charge in [0.1, 0.15) is 0 Å². The van der Waals surface area contributed by atoms with E-state index in [2.05, 4.69) is 41.8 Å². The molecule has 96 valence electrons. The van der Waals surface area contributed by atoms with E-state index >= 15 is 0 Å². The van der Waals surface area contributed by atoms with Gasteiger partial charge in [0, 0.05) is 11.1 Å². The largest absolute Gasteiger partial charge is 0.325 e. The Hall–Kier alpha value is -2.09. The molecule has 0 spiro atoms. The number of amides is 1. The molecule has 0 atom stereocenters. The zero-order chi connectivity index (χ0) is 13.6. The van der Waals surface area contributed by atoms with Crippen molar-refractivity contribution >= 4 is 29.8 Å². The van der Waals surface area contributed by atoms with Gasteiger partial charge < -0.3 is 5.32 Å². The van der Waals surface area contributed by atoms with Crippen molar-refractivity contribution in [3.63, 3.8) is 0 Å². The molecule has 0 heterocycles. The van der Waals surface area contributed by atoms with Gasteiger partial charge in [0.2, 0.25) is 5.91 Å². The Morgan fingerprint density at radius 3 is 2.74 bits per heavy atom. The van der Waals surface area contributed by atoms with Crippen LogP contribution in [0.4, 0.5) is 0 Å². The maximum absolute atomic E-state index is 11.9. The zero-order valence-corrected chi connectivity index (χ0v) is 11.4. The van der Waals surface area contributed by atoms with Crippen molar-refractivity contribution in [2.24, 2.45) is 5.92 Å². The summed E-state index contributed by atoms with van der Waals surface area (Å²) in [7, 11) is 0. The molecule has 0 aromatic heterocycles. The molecule has 2 nitrogen and oxygen atoms in total. The average molecular weight is 251 g/mol. The number of rotatable bonds is 2. The summed E-state index contributed by atoms with van der Waals surface area (Å²) in [4.78, 5) is 11.9. The summed E-state index contributed by atoms with van der Waals surface area (Å²) < 4.78 is 0. The molecule has 0 saturated heterocycles. The maximum atomic E-state index is 11.9. The molecule has 1 aromatic carbocycles. The normalized spacial score (nSPS) is 15.2. The van der Waals surface area contributed by atoms with E-state index in [0.717, 1.165) is 16.5 Å². The average Bonchev–Trinajstić information content (AvgIpc) is 2.91. The van der Waals surface area contributed by atoms with Gasteiger partial charge in [-0.2, -0.15) is 0 Å². The summed E-state index contributed by atoms with van der Waals surface area (Å²) in [5.41, 5.74) is 4.49. The standard InChI is InChI=1S/C17H17NO/c1-10(2)17(19)18-16-11(3)7-14-8-12-5-4-6-13(12)9-15(14)16/h4-10H,1-3H3,(H,18,19). The highest BCUT2D eigenvalue weighted by Gasteiger charge is 2.16. The first-order chi connectivity index (χ1) is 9.06. The summed E-state index contributed by atoms with van der Waals surface area (Å²) in [5, 5.41) is 5.43. The quantitative estimate of drug-likeness (QED) is 0.853. The van der Waals surface area contributed by atoms with Crippen LogP contribution < -0.4 is 15.8 Å². The Morgan fingerprint density at radius 2 is 2.00 bits per heavy atom. The third-order valence-corrected chi connectivity index (χ3v) is 3.62. The van der Waals surface area contributed by atoms with Crippen LogP contribution in [0, 0.1) is 5.92 Å². The minimum atomic E-state index is -0.00740. The number of fused-ring (bicyclic) bond motifs is 2. The fourth-order valence-corrected chi connectivity index (χ4v) is 2.48. The number of nitrogens with one attached hydrogen (secondary N) is 1. The number of carbonyl (C=O) groups is 1. The molecule has 0 radical (unpaired) electrons. The van der Waals surface area contributed by atoms with Crippen LogP contribution in [0.5, 0.6) is 0 Å². The van der Waals surface area contributed by atoms with E-state index < -0.39 is 0 Å². The molecule has 0 fully saturated rings. The maximum Gasteiger partial charge on any atom is 0.226 e. The van der Waals surface area contributed by atoms with Crippen LogP contribution in [0.25, 0.3) is 23.9 Å². The van der Waals surface area contributed by atoms with Crippen LogP contribution in [-0.4, -0.2) is 5.91 Å². The SMILES string of the molecule is CC1=Cc2cc3c(cc2=C1NC(=O)C(C)C)C=CC=3. The van der Waals surface area contributed by atoms with Crippen molar-refractivity contribution in [2.75, 3.05) is 0 Å². The molecule has 0 aliphatic heterocycles. The molecule has 19 heavy (non-hydrogen) atoms. The monoisotopic (exact) mass is 251 g/mol. The number of benzene rings is 1. The first-order valence-electron chi connectivity index (χ1n) is 6.62. The second-order valence-electron chi connectivity index (χ2n) is 5.44. The van der Waals surface area contributed by atoms with E-state index in [1.165, 1.54) is 16.3 Å². The molecule has 3 rings (SSSR count). The molecule has 2 heteroatoms. The second kappa shape index (κ2) is 4.23. The summed E-state index contributed by atoms with van der Waals surface area (Å²) in [5.74, 6) is 0.0604. The first kappa shape index (κ1) is 12.0. The van der Waals surface area contributed by atoms with E-state index in [1.54, 1.807) is 0 Å². The van der Waals surface area contributed by atoms with E-state index in [1.807, 2.05) is 20.8 Å². The number of hydrogen-bond donors (Lipinski definition) is 1. The van der Waals surface area contributed by atoms with Crippen molar-refractivity contribution < 1.29 is 4.79 Å². The lowest BCUT2D eigenvalue weighted by molar-refractivity contribution is -0.122. The molecule has 1 amide bonds. The van der Waals surface area contributed by atoms with Gasteiger partial charge in [-0.1, -0.05) is 32.1 Å². The second-order valence-corrected chi connectivity index (χ2v) is 5.44. The van der Waals surface area contributed by atoms with E-state index in [9.17, 15) is 4.79 Å². The third kappa shape index (κ3) is 1.93. The number of hydrogen-bond acceptors (Lipinski definition) is 1. The molecule has 2 aliphatic rings. The van der Waals surface area contributed by atoms with Gasteiger partial charge in [-0.05, 0) is 47.1 Å². The Balaban J connectivity index is 2.14. The van der Waals surface area contributed by atoms with E-state index in [-0.39, 0.29) is 11.8 Å². The van der Waals surface area contributed by atoms with Crippen molar-refractivity contribution in [2.45, 2.75) is 20.8 Å². The van der Waals surface area contributed by atoms with Crippen LogP contribution in [0.15, 0.2) is 23.8 Å². The van der Waals surface area contributed by atoms with Gasteiger partial charge in [-0.25, -0.2) is 0 Å². The molecular formula is C17H17NO. The summed E-state index contributed by atoms with van der Waals surface area (Å²) >= 11 is 0. The molecule has 0 saturated carbocycles. The minimum absolute atomic E-state index is 0.00740. The van der Waals surface area contributed by atoms with Crippen molar-refractivity contribution in [3.05, 3.63) is 45.3 Å². The molecule has 1 N–H and O–H groups in total. The van der Waals surface area contributed by atoms with Crippen molar-refractivity contribution in [1.29, 1.82) is 0 Å². The van der Waals surface area contributed by atoms with Gasteiger partial charge in [0.15, 0.2) is 0 Å². The topological polar surface area (TPSA) is 29.1 Å². The summed E-state index contributed by atoms with van der Waals surface area (Å²) in [6, 6.07) is 4.34. The Kier molecular flexibility index (Phi) is 2.67. The summed E-state index contributed by atoms with van der Waals surface area (Å²) in [6.45, 7) is 5.86. The lowest BCUT2D eigenvalue weighted by Gasteiger charge is -2.10. The molecule has 0 unspecified atom stereocenters. The van der Waals surface area contributed by atoms with E-state index in [4.69, 9.17) is 0 Å². The smallest absolute Gasteiger partial charge is 0.226 e. The molecule has 2 aliphatic carbocycles. The Labute approximate surface area is 112 Å². The van der Waals surface area contributed by atoms with Gasteiger partial charge in [-0.3, -0.25) is 4.79 Å². The van der Waals surface area contributed by atoms with Crippen LogP contribution in [-0.2, 0) is 4.79 Å². The molecule has 0 bridgehead atoms. The van der Waals surface area contributed by atoms with Crippen LogP contribution >= 0.6 is 0 Å². The predicted octanol–water partition coefficient (Wildman–Crippen LogP) is 1.79. The lowest BCUT2D eigenvalue weighted by atomic mass is 10.1. The Bertz CT molecular complexity index is 748.